The van der Waals surface area contributed by atoms with E-state index in [4.69, 9.17) is 23.9 Å². The largest absolute Gasteiger partial charge is 0.508 e. The number of carbonyl (C=O) groups is 4. The van der Waals surface area contributed by atoms with Crippen molar-refractivity contribution in [1.82, 2.24) is 0 Å². The summed E-state index contributed by atoms with van der Waals surface area (Å²) in [5, 5.41) is 28.1. The summed E-state index contributed by atoms with van der Waals surface area (Å²) < 4.78 is 45.2. The van der Waals surface area contributed by atoms with Crippen LogP contribution in [0, 0.1) is 26.7 Å². The van der Waals surface area contributed by atoms with Crippen LogP contribution in [-0.2, 0) is 49.9 Å². The molecule has 0 bridgehead atoms. The predicted octanol–water partition coefficient (Wildman–Crippen LogP) is 3.84. The van der Waals surface area contributed by atoms with Gasteiger partial charge in [0.25, 0.3) is 10.1 Å². The van der Waals surface area contributed by atoms with Crippen LogP contribution in [0.5, 0.6) is 17.2 Å². The third-order valence-corrected chi connectivity index (χ3v) is 6.16. The van der Waals surface area contributed by atoms with Crippen molar-refractivity contribution in [3.05, 3.63) is 63.0 Å². The van der Waals surface area contributed by atoms with Crippen LogP contribution >= 0.6 is 0 Å². The van der Waals surface area contributed by atoms with Crippen LogP contribution in [-0.4, -0.2) is 78.1 Å². The first-order chi connectivity index (χ1) is 22.7. The Labute approximate surface area is 284 Å². The van der Waals surface area contributed by atoms with Crippen molar-refractivity contribution in [2.24, 2.45) is 5.92 Å². The van der Waals surface area contributed by atoms with Gasteiger partial charge in [-0.2, -0.15) is 8.42 Å². The molecule has 0 aliphatic heterocycles. The summed E-state index contributed by atoms with van der Waals surface area (Å²) in [6, 6.07) is 7.65. The molecule has 0 radical (unpaired) electrons. The Bertz CT molecular complexity index is 1750. The molecule has 0 saturated heterocycles. The van der Waals surface area contributed by atoms with Gasteiger partial charge in [0.2, 0.25) is 0 Å². The number of benzene rings is 2. The Balaban J connectivity index is 0.000000697. The molecular formula is C33H44O15S. The zero-order valence-corrected chi connectivity index (χ0v) is 29.5. The molecule has 16 heteroatoms. The molecule has 0 aliphatic rings. The lowest BCUT2D eigenvalue weighted by Crippen LogP contribution is -2.27. The zero-order valence-electron chi connectivity index (χ0n) is 28.7. The highest BCUT2D eigenvalue weighted by Crippen LogP contribution is 2.27. The average molecular weight is 713 g/mol. The monoisotopic (exact) mass is 712 g/mol. The number of esters is 3. The maximum absolute atomic E-state index is 11.9. The Morgan fingerprint density at radius 2 is 1.33 bits per heavy atom. The molecule has 272 valence electrons. The number of fused-ring (bicyclic) bond motifs is 1. The number of aromatic hydroxyl groups is 3. The van der Waals surface area contributed by atoms with Gasteiger partial charge in [-0.15, -0.1) is 0 Å². The van der Waals surface area contributed by atoms with Crippen LogP contribution in [0.4, 0.5) is 0 Å². The van der Waals surface area contributed by atoms with Crippen molar-refractivity contribution in [2.75, 3.05) is 26.1 Å². The number of rotatable bonds is 9. The Morgan fingerprint density at radius 3 is 1.80 bits per heavy atom. The zero-order chi connectivity index (χ0) is 38.1. The van der Waals surface area contributed by atoms with E-state index in [1.165, 1.54) is 25.1 Å². The molecule has 3 aromatic rings. The van der Waals surface area contributed by atoms with Gasteiger partial charge in [-0.25, -0.2) is 4.79 Å². The van der Waals surface area contributed by atoms with Crippen molar-refractivity contribution in [3.63, 3.8) is 0 Å². The van der Waals surface area contributed by atoms with Crippen LogP contribution in [0.3, 0.4) is 0 Å². The molecule has 1 atom stereocenters. The summed E-state index contributed by atoms with van der Waals surface area (Å²) in [4.78, 5) is 56.9. The van der Waals surface area contributed by atoms with E-state index in [1.54, 1.807) is 53.7 Å². The summed E-state index contributed by atoms with van der Waals surface area (Å²) in [6.07, 6.45) is 0.354. The summed E-state index contributed by atoms with van der Waals surface area (Å²) in [7, 11) is -3.67. The maximum Gasteiger partial charge on any atom is 0.340 e. The lowest BCUT2D eigenvalue weighted by Gasteiger charge is -2.11. The standard InChI is InChI=1S/C15H16O5.C10H16O5.C7H8O2.CH4O3S/c1-4-19-14(17)6-11-9(3)10-5-8(2)12(16)7-13(10)20-15(11)18;1-4-14-9(12)6-8(7(3)11)10(13)15-5-2;1-5-2-3-6(8)4-7(5)9;1-5(2,3)4/h5,7,16H,4,6H2,1-3H3;8H,4-6H2,1-3H3;2-4,8-9H,1H3;1H3,(H,2,3,4). The van der Waals surface area contributed by atoms with Gasteiger partial charge < -0.3 is 33.9 Å². The summed E-state index contributed by atoms with van der Waals surface area (Å²) >= 11 is 0. The van der Waals surface area contributed by atoms with Gasteiger partial charge in [-0.05, 0) is 77.3 Å². The Morgan fingerprint density at radius 1 is 0.816 bits per heavy atom. The first-order valence-electron chi connectivity index (χ1n) is 14.8. The highest BCUT2D eigenvalue weighted by Gasteiger charge is 2.28. The molecule has 3 rings (SSSR count). The summed E-state index contributed by atoms with van der Waals surface area (Å²) in [6.45, 7) is 12.2. The number of phenols is 3. The Hall–Kier alpha value is -4.96. The lowest BCUT2D eigenvalue weighted by atomic mass is 10.0. The molecule has 4 N–H and O–H groups in total. The number of aryl methyl sites for hydroxylation is 3. The van der Waals surface area contributed by atoms with Crippen molar-refractivity contribution < 1.29 is 66.1 Å². The average Bonchev–Trinajstić information content (AvgIpc) is 2.97. The van der Waals surface area contributed by atoms with Crippen LogP contribution in [0.15, 0.2) is 39.5 Å². The first kappa shape index (κ1) is 44.0. The fourth-order valence-corrected chi connectivity index (χ4v) is 3.71. The number of hydrogen-bond donors (Lipinski definition) is 4. The minimum Gasteiger partial charge on any atom is -0.508 e. The van der Waals surface area contributed by atoms with Crippen molar-refractivity contribution in [3.8, 4) is 17.2 Å². The van der Waals surface area contributed by atoms with Gasteiger partial charge in [-0.3, -0.25) is 23.7 Å². The second-order valence-corrected chi connectivity index (χ2v) is 11.7. The minimum absolute atomic E-state index is 0.0678. The molecule has 1 aromatic heterocycles. The molecule has 0 spiro atoms. The number of ether oxygens (including phenoxy) is 3. The smallest absolute Gasteiger partial charge is 0.340 e. The molecule has 0 amide bonds. The molecule has 2 aromatic carbocycles. The van der Waals surface area contributed by atoms with Crippen LogP contribution in [0.1, 0.15) is 56.4 Å². The normalized spacial score (nSPS) is 10.9. The maximum atomic E-state index is 11.9. The number of Topliss-reactive ketones (excluding diaryl/α,β-unsaturated/α-hetero) is 1. The minimum atomic E-state index is -3.67. The van der Waals surface area contributed by atoms with Crippen LogP contribution < -0.4 is 5.63 Å². The van der Waals surface area contributed by atoms with E-state index >= 15 is 0 Å². The topological polar surface area (TPSA) is 241 Å². The van der Waals surface area contributed by atoms with E-state index in [9.17, 15) is 37.5 Å². The summed E-state index contributed by atoms with van der Waals surface area (Å²) in [5.41, 5.74) is 2.15. The van der Waals surface area contributed by atoms with Crippen molar-refractivity contribution >= 4 is 44.8 Å². The van der Waals surface area contributed by atoms with Gasteiger partial charge in [0.05, 0.1) is 44.5 Å². The lowest BCUT2D eigenvalue weighted by molar-refractivity contribution is -0.157. The third kappa shape index (κ3) is 17.1. The number of phenolic OH excluding ortho intramolecular Hbond substituents is 3. The fourth-order valence-electron chi connectivity index (χ4n) is 3.71. The molecular weight excluding hydrogens is 668 g/mol. The van der Waals surface area contributed by atoms with Crippen LogP contribution in [0.2, 0.25) is 0 Å². The third-order valence-electron chi connectivity index (χ3n) is 6.16. The quantitative estimate of drug-likeness (QED) is 0.0810. The van der Waals surface area contributed by atoms with Crippen molar-refractivity contribution in [2.45, 2.75) is 61.3 Å². The van der Waals surface area contributed by atoms with E-state index in [-0.39, 0.29) is 55.7 Å². The van der Waals surface area contributed by atoms with E-state index in [2.05, 4.69) is 9.47 Å². The Kier molecular flexibility index (Phi) is 19.0. The number of carbonyl (C=O) groups excluding carboxylic acids is 4. The molecule has 0 saturated carbocycles. The van der Waals surface area contributed by atoms with Gasteiger partial charge in [0.15, 0.2) is 0 Å². The van der Waals surface area contributed by atoms with Gasteiger partial charge >= 0.3 is 23.5 Å². The second-order valence-electron chi connectivity index (χ2n) is 10.2. The molecule has 0 aliphatic carbocycles. The van der Waals surface area contributed by atoms with E-state index in [1.807, 2.05) is 0 Å². The molecule has 1 heterocycles. The van der Waals surface area contributed by atoms with E-state index in [0.29, 0.717) is 33.9 Å². The van der Waals surface area contributed by atoms with Gasteiger partial charge in [0, 0.05) is 17.5 Å². The highest BCUT2D eigenvalue weighted by atomic mass is 32.2. The first-order valence-corrected chi connectivity index (χ1v) is 16.7. The number of hydrogen-bond acceptors (Lipinski definition) is 14. The molecule has 15 nitrogen and oxygen atoms in total. The van der Waals surface area contributed by atoms with Gasteiger partial charge in [-0.1, -0.05) is 6.07 Å². The van der Waals surface area contributed by atoms with Gasteiger partial charge in [0.1, 0.15) is 34.5 Å². The second kappa shape index (κ2) is 21.1. The van der Waals surface area contributed by atoms with E-state index < -0.39 is 39.6 Å². The molecule has 0 fully saturated rings. The van der Waals surface area contributed by atoms with E-state index in [0.717, 1.165) is 5.56 Å². The fraction of sp³-hybridized carbons (Fsp3) is 0.424. The van der Waals surface area contributed by atoms with Crippen molar-refractivity contribution in [1.29, 1.82) is 0 Å². The van der Waals surface area contributed by atoms with Crippen LogP contribution in [0.25, 0.3) is 11.0 Å². The number of ketones is 1. The predicted molar refractivity (Wildman–Crippen MR) is 178 cm³/mol. The highest BCUT2D eigenvalue weighted by molar-refractivity contribution is 7.85. The SMILES string of the molecule is CCOC(=O)CC(C(C)=O)C(=O)OCC.CCOC(=O)Cc1c(C)c2cc(C)c(O)cc2oc1=O.CS(=O)(=O)O.Cc1ccc(O)cc1O. The molecule has 49 heavy (non-hydrogen) atoms. The molecule has 1 unspecified atom stereocenters. The summed E-state index contributed by atoms with van der Waals surface area (Å²) in [5.74, 6) is -2.82.